The summed E-state index contributed by atoms with van der Waals surface area (Å²) in [5.74, 6) is 0.695. The number of benzene rings is 1. The zero-order valence-electron chi connectivity index (χ0n) is 10.9. The first-order valence-electron chi connectivity index (χ1n) is 6.03. The third-order valence-electron chi connectivity index (χ3n) is 2.75. The largest absolute Gasteiger partial charge is 0.263 e. The summed E-state index contributed by atoms with van der Waals surface area (Å²) >= 11 is 0. The maximum atomic E-state index is 12.1. The highest BCUT2D eigenvalue weighted by atomic mass is 32.2. The molecule has 1 heterocycles. The molecule has 1 aromatic carbocycles. The molecule has 2 rings (SSSR count). The average Bonchev–Trinajstić information content (AvgIpc) is 2.40. The number of anilines is 1. The Hall–Kier alpha value is -1.88. The molecular formula is C14H16N2O2S. The van der Waals surface area contributed by atoms with E-state index in [0.29, 0.717) is 11.7 Å². The van der Waals surface area contributed by atoms with Crippen molar-refractivity contribution in [2.75, 3.05) is 4.72 Å². The number of hydrogen-bond donors (Lipinski definition) is 1. The van der Waals surface area contributed by atoms with Crippen LogP contribution in [0.4, 0.5) is 5.82 Å². The molecule has 1 aromatic heterocycles. The van der Waals surface area contributed by atoms with Crippen LogP contribution in [-0.2, 0) is 10.0 Å². The molecule has 0 atom stereocenters. The summed E-state index contributed by atoms with van der Waals surface area (Å²) < 4.78 is 26.6. The van der Waals surface area contributed by atoms with Crippen LogP contribution in [0.3, 0.4) is 0 Å². The van der Waals surface area contributed by atoms with Gasteiger partial charge in [0.25, 0.3) is 10.0 Å². The van der Waals surface area contributed by atoms with Crippen LogP contribution < -0.4 is 4.72 Å². The Morgan fingerprint density at radius 1 is 1.05 bits per heavy atom. The van der Waals surface area contributed by atoms with Crippen molar-refractivity contribution in [1.29, 1.82) is 0 Å². The Morgan fingerprint density at radius 2 is 1.74 bits per heavy atom. The summed E-state index contributed by atoms with van der Waals surface area (Å²) in [6.07, 6.45) is 1.69. The number of hydrogen-bond acceptors (Lipinski definition) is 3. The minimum absolute atomic E-state index is 0.227. The second-order valence-electron chi connectivity index (χ2n) is 4.55. The van der Waals surface area contributed by atoms with E-state index in [1.807, 2.05) is 6.07 Å². The van der Waals surface area contributed by atoms with Gasteiger partial charge in [0.15, 0.2) is 0 Å². The molecular weight excluding hydrogens is 260 g/mol. The zero-order valence-corrected chi connectivity index (χ0v) is 11.7. The topological polar surface area (TPSA) is 59.1 Å². The standard InChI is InChI=1S/C14H16N2O2S/c1-11(2)12-8-9-14(15-10-12)16-19(17,18)13-6-4-3-5-7-13/h3-11H,1-2H3,(H,15,16). The fraction of sp³-hybridized carbons (Fsp3) is 0.214. The van der Waals surface area contributed by atoms with E-state index >= 15 is 0 Å². The first-order chi connectivity index (χ1) is 8.99. The van der Waals surface area contributed by atoms with Gasteiger partial charge in [-0.2, -0.15) is 0 Å². The molecule has 0 amide bonds. The van der Waals surface area contributed by atoms with Crippen molar-refractivity contribution >= 4 is 15.8 Å². The van der Waals surface area contributed by atoms with Gasteiger partial charge in [-0.15, -0.1) is 0 Å². The highest BCUT2D eigenvalue weighted by Gasteiger charge is 2.13. The quantitative estimate of drug-likeness (QED) is 0.933. The number of nitrogens with zero attached hydrogens (tertiary/aromatic N) is 1. The van der Waals surface area contributed by atoms with Gasteiger partial charge in [-0.1, -0.05) is 38.1 Å². The minimum Gasteiger partial charge on any atom is -0.263 e. The summed E-state index contributed by atoms with van der Waals surface area (Å²) in [4.78, 5) is 4.35. The number of pyridine rings is 1. The van der Waals surface area contributed by atoms with Crippen molar-refractivity contribution in [2.45, 2.75) is 24.7 Å². The van der Waals surface area contributed by atoms with Crippen LogP contribution in [0.15, 0.2) is 53.6 Å². The van der Waals surface area contributed by atoms with Gasteiger partial charge in [0.05, 0.1) is 4.90 Å². The molecule has 0 bridgehead atoms. The molecule has 0 spiro atoms. The number of sulfonamides is 1. The van der Waals surface area contributed by atoms with Gasteiger partial charge >= 0.3 is 0 Å². The third-order valence-corrected chi connectivity index (χ3v) is 4.12. The van der Waals surface area contributed by atoms with E-state index in [0.717, 1.165) is 5.56 Å². The van der Waals surface area contributed by atoms with Gasteiger partial charge < -0.3 is 0 Å². The molecule has 1 N–H and O–H groups in total. The van der Waals surface area contributed by atoms with Gasteiger partial charge in [-0.25, -0.2) is 13.4 Å². The number of aromatic nitrogens is 1. The SMILES string of the molecule is CC(C)c1ccc(NS(=O)(=O)c2ccccc2)nc1. The van der Waals surface area contributed by atoms with Crippen LogP contribution in [0.2, 0.25) is 0 Å². The lowest BCUT2D eigenvalue weighted by Gasteiger charge is -2.09. The summed E-state index contributed by atoms with van der Waals surface area (Å²) in [6, 6.07) is 11.8. The summed E-state index contributed by atoms with van der Waals surface area (Å²) in [5, 5.41) is 0. The molecule has 4 nitrogen and oxygen atoms in total. The lowest BCUT2D eigenvalue weighted by Crippen LogP contribution is -2.13. The number of nitrogens with one attached hydrogen (secondary N) is 1. The molecule has 0 saturated heterocycles. The van der Waals surface area contributed by atoms with Gasteiger partial charge in [0.1, 0.15) is 5.82 Å². The molecule has 0 aliphatic carbocycles. The van der Waals surface area contributed by atoms with E-state index in [1.54, 1.807) is 42.6 Å². The molecule has 0 aliphatic heterocycles. The van der Waals surface area contributed by atoms with E-state index in [1.165, 1.54) is 0 Å². The Kier molecular flexibility index (Phi) is 3.85. The lowest BCUT2D eigenvalue weighted by molar-refractivity contribution is 0.601. The highest BCUT2D eigenvalue weighted by Crippen LogP contribution is 2.17. The van der Waals surface area contributed by atoms with Crippen LogP contribution in [0.5, 0.6) is 0 Å². The zero-order chi connectivity index (χ0) is 13.9. The Bertz CT molecular complexity index is 635. The van der Waals surface area contributed by atoms with Crippen LogP contribution in [0, 0.1) is 0 Å². The predicted octanol–water partition coefficient (Wildman–Crippen LogP) is 3.01. The average molecular weight is 276 g/mol. The van der Waals surface area contributed by atoms with E-state index < -0.39 is 10.0 Å². The first-order valence-corrected chi connectivity index (χ1v) is 7.51. The van der Waals surface area contributed by atoms with Crippen molar-refractivity contribution in [2.24, 2.45) is 0 Å². The maximum Gasteiger partial charge on any atom is 0.263 e. The van der Waals surface area contributed by atoms with Gasteiger partial charge in [-0.05, 0) is 29.7 Å². The van der Waals surface area contributed by atoms with Crippen molar-refractivity contribution in [3.8, 4) is 0 Å². The molecule has 0 fully saturated rings. The Balaban J connectivity index is 2.21. The fourth-order valence-electron chi connectivity index (χ4n) is 1.60. The van der Waals surface area contributed by atoms with Gasteiger partial charge in [-0.3, -0.25) is 4.72 Å². The van der Waals surface area contributed by atoms with E-state index in [2.05, 4.69) is 23.6 Å². The molecule has 0 saturated carbocycles. The monoisotopic (exact) mass is 276 g/mol. The molecule has 19 heavy (non-hydrogen) atoms. The Morgan fingerprint density at radius 3 is 2.26 bits per heavy atom. The smallest absolute Gasteiger partial charge is 0.263 e. The minimum atomic E-state index is -3.56. The van der Waals surface area contributed by atoms with Gasteiger partial charge in [0, 0.05) is 6.20 Å². The van der Waals surface area contributed by atoms with Crippen LogP contribution in [0.25, 0.3) is 0 Å². The molecule has 0 aliphatic rings. The lowest BCUT2D eigenvalue weighted by atomic mass is 10.1. The molecule has 0 unspecified atom stereocenters. The highest BCUT2D eigenvalue weighted by molar-refractivity contribution is 7.92. The summed E-state index contributed by atoms with van der Waals surface area (Å²) in [5.41, 5.74) is 1.07. The molecule has 5 heteroatoms. The van der Waals surface area contributed by atoms with Crippen LogP contribution in [0.1, 0.15) is 25.3 Å². The van der Waals surface area contributed by atoms with Crippen LogP contribution >= 0.6 is 0 Å². The number of rotatable bonds is 4. The predicted molar refractivity (Wildman–Crippen MR) is 75.6 cm³/mol. The molecule has 2 aromatic rings. The first kappa shape index (κ1) is 13.5. The van der Waals surface area contributed by atoms with E-state index in [-0.39, 0.29) is 4.90 Å². The normalized spacial score (nSPS) is 11.5. The van der Waals surface area contributed by atoms with Crippen molar-refractivity contribution in [3.05, 3.63) is 54.2 Å². The Labute approximate surface area is 113 Å². The molecule has 100 valence electrons. The maximum absolute atomic E-state index is 12.1. The van der Waals surface area contributed by atoms with Crippen LogP contribution in [-0.4, -0.2) is 13.4 Å². The summed E-state index contributed by atoms with van der Waals surface area (Å²) in [6.45, 7) is 4.12. The van der Waals surface area contributed by atoms with Crippen molar-refractivity contribution in [1.82, 2.24) is 4.98 Å². The second-order valence-corrected chi connectivity index (χ2v) is 6.23. The molecule has 0 radical (unpaired) electrons. The van der Waals surface area contributed by atoms with Crippen molar-refractivity contribution in [3.63, 3.8) is 0 Å². The van der Waals surface area contributed by atoms with E-state index in [9.17, 15) is 8.42 Å². The second kappa shape index (κ2) is 5.40. The summed E-state index contributed by atoms with van der Waals surface area (Å²) in [7, 11) is -3.56. The third kappa shape index (κ3) is 3.32. The van der Waals surface area contributed by atoms with E-state index in [4.69, 9.17) is 0 Å². The van der Waals surface area contributed by atoms with Gasteiger partial charge in [0.2, 0.25) is 0 Å². The van der Waals surface area contributed by atoms with Crippen molar-refractivity contribution < 1.29 is 8.42 Å². The fourth-order valence-corrected chi connectivity index (χ4v) is 2.63.